The lowest BCUT2D eigenvalue weighted by Gasteiger charge is -2.33. The third-order valence-electron chi connectivity index (χ3n) is 9.35. The van der Waals surface area contributed by atoms with Crippen molar-refractivity contribution >= 4 is 49.4 Å². The number of fused-ring (bicyclic) bond motifs is 4. The average Bonchev–Trinajstić information content (AvgIpc) is 3.30. The standard InChI is InChI=1S/C32H38N4O11S2/c1-32(2)18-21(19-49(43,44)45)22-15-24-28(17-26(22)35(32)12-4-7-31(39)47-36-29(37)8-9-30(36)38)46-27-16-25-20(14-23(27)33-24)6-3-10-34(25)11-5-13-48(40,41)42/h14-17,21H,3-13,18-19H2,1-2H3,(H-,40,41,42,43,44,45)/p+1. The van der Waals surface area contributed by atoms with E-state index in [0.717, 1.165) is 30.6 Å². The maximum Gasteiger partial charge on any atom is 0.333 e. The number of carbonyl (C=O) groups is 3. The van der Waals surface area contributed by atoms with Gasteiger partial charge in [0.15, 0.2) is 17.0 Å². The van der Waals surface area contributed by atoms with Gasteiger partial charge in [0, 0.05) is 62.0 Å². The monoisotopic (exact) mass is 719 g/mol. The molecule has 1 unspecified atom stereocenters. The van der Waals surface area contributed by atoms with Crippen LogP contribution in [-0.2, 0) is 45.9 Å². The number of ether oxygens (including phenoxy) is 1. The van der Waals surface area contributed by atoms with E-state index in [9.17, 15) is 40.3 Å². The molecule has 0 saturated carbocycles. The highest BCUT2D eigenvalue weighted by Crippen LogP contribution is 2.42. The Balaban J connectivity index is 1.33. The molecule has 0 radical (unpaired) electrons. The molecule has 2 amide bonds. The van der Waals surface area contributed by atoms with Crippen molar-refractivity contribution in [3.63, 3.8) is 0 Å². The SMILES string of the molecule is CC1(C)CC(CS(=O)(=O)O)c2cc3c(cc2=[N+]1CCCC(=O)ON1C(=O)CCC1=O)Oc1cc2c(cc1N=3)CCCN2CCCS(=O)(=O)O. The molecule has 6 rings (SSSR count). The lowest BCUT2D eigenvalue weighted by atomic mass is 9.82. The minimum atomic E-state index is -4.34. The lowest BCUT2D eigenvalue weighted by molar-refractivity contribution is -0.197. The Morgan fingerprint density at radius 1 is 1.02 bits per heavy atom. The Bertz CT molecular complexity index is 2060. The van der Waals surface area contributed by atoms with E-state index in [0.29, 0.717) is 64.5 Å². The van der Waals surface area contributed by atoms with Gasteiger partial charge in [-0.05, 0) is 50.8 Å². The number of aryl methyl sites for hydroxylation is 1. The first-order valence-corrected chi connectivity index (χ1v) is 19.4. The molecule has 2 aromatic rings. The smallest absolute Gasteiger partial charge is 0.333 e. The van der Waals surface area contributed by atoms with Gasteiger partial charge in [0.2, 0.25) is 5.36 Å². The van der Waals surface area contributed by atoms with E-state index in [1.807, 2.05) is 30.6 Å². The summed E-state index contributed by atoms with van der Waals surface area (Å²) in [5, 5.41) is 1.67. The number of hydroxylamine groups is 2. The first-order chi connectivity index (χ1) is 23.0. The second-order valence-corrected chi connectivity index (χ2v) is 16.6. The van der Waals surface area contributed by atoms with Gasteiger partial charge in [0.05, 0.1) is 24.0 Å². The van der Waals surface area contributed by atoms with E-state index in [-0.39, 0.29) is 31.4 Å². The van der Waals surface area contributed by atoms with Crippen LogP contribution in [0.15, 0.2) is 29.3 Å². The maximum absolute atomic E-state index is 12.5. The summed E-state index contributed by atoms with van der Waals surface area (Å²) in [6, 6.07) is 7.40. The molecule has 17 heteroatoms. The molecule has 2 aromatic carbocycles. The minimum Gasteiger partial charge on any atom is -0.452 e. The summed E-state index contributed by atoms with van der Waals surface area (Å²) in [6.07, 6.45) is 2.50. The Morgan fingerprint density at radius 2 is 1.76 bits per heavy atom. The lowest BCUT2D eigenvalue weighted by Crippen LogP contribution is -2.54. The zero-order valence-electron chi connectivity index (χ0n) is 27.3. The van der Waals surface area contributed by atoms with E-state index in [1.54, 1.807) is 12.1 Å². The third-order valence-corrected chi connectivity index (χ3v) is 11.0. The van der Waals surface area contributed by atoms with Crippen molar-refractivity contribution in [1.82, 2.24) is 9.64 Å². The van der Waals surface area contributed by atoms with Gasteiger partial charge in [-0.25, -0.2) is 14.4 Å². The molecule has 1 atom stereocenters. The van der Waals surface area contributed by atoms with Crippen LogP contribution >= 0.6 is 0 Å². The van der Waals surface area contributed by atoms with Crippen molar-refractivity contribution in [3.05, 3.63) is 46.1 Å². The third kappa shape index (κ3) is 7.79. The Hall–Kier alpha value is -3.93. The molecule has 0 aliphatic carbocycles. The fourth-order valence-electron chi connectivity index (χ4n) is 7.23. The molecular weight excluding hydrogens is 681 g/mol. The molecule has 4 aliphatic heterocycles. The molecule has 1 fully saturated rings. The predicted molar refractivity (Wildman–Crippen MR) is 175 cm³/mol. The summed E-state index contributed by atoms with van der Waals surface area (Å²) >= 11 is 0. The fraction of sp³-hybridized carbons (Fsp3) is 0.531. The Kier molecular flexibility index (Phi) is 9.32. The summed E-state index contributed by atoms with van der Waals surface area (Å²) in [7, 11) is -8.41. The van der Waals surface area contributed by atoms with E-state index in [1.165, 1.54) is 0 Å². The molecule has 4 aliphatic rings. The summed E-state index contributed by atoms with van der Waals surface area (Å²) in [5.74, 6) is -2.29. The number of nitrogens with zero attached hydrogens (tertiary/aromatic N) is 4. The topological polar surface area (TPSA) is 200 Å². The van der Waals surface area contributed by atoms with Gasteiger partial charge >= 0.3 is 5.97 Å². The van der Waals surface area contributed by atoms with Gasteiger partial charge in [-0.3, -0.25) is 18.7 Å². The highest BCUT2D eigenvalue weighted by molar-refractivity contribution is 7.86. The van der Waals surface area contributed by atoms with Crippen LogP contribution in [0.25, 0.3) is 0 Å². The van der Waals surface area contributed by atoms with Crippen molar-refractivity contribution < 1.29 is 49.9 Å². The molecular formula is C32H39N4O11S2+. The van der Waals surface area contributed by atoms with Crippen LogP contribution in [0.2, 0.25) is 0 Å². The highest BCUT2D eigenvalue weighted by atomic mass is 32.2. The van der Waals surface area contributed by atoms with Gasteiger partial charge in [0.25, 0.3) is 32.1 Å². The van der Waals surface area contributed by atoms with Crippen molar-refractivity contribution in [3.8, 4) is 11.5 Å². The van der Waals surface area contributed by atoms with Crippen molar-refractivity contribution in [2.45, 2.75) is 76.7 Å². The predicted octanol–water partition coefficient (Wildman–Crippen LogP) is 1.81. The molecule has 0 aromatic heterocycles. The van der Waals surface area contributed by atoms with E-state index >= 15 is 0 Å². The zero-order chi connectivity index (χ0) is 35.3. The van der Waals surface area contributed by atoms with Gasteiger partial charge in [0.1, 0.15) is 17.6 Å². The molecule has 264 valence electrons. The molecule has 0 spiro atoms. The van der Waals surface area contributed by atoms with Gasteiger partial charge in [-0.2, -0.15) is 16.8 Å². The van der Waals surface area contributed by atoms with Gasteiger partial charge in [-0.1, -0.05) is 0 Å². The summed E-state index contributed by atoms with van der Waals surface area (Å²) in [5.41, 5.74) is 2.56. The summed E-state index contributed by atoms with van der Waals surface area (Å²) in [4.78, 5) is 48.2. The van der Waals surface area contributed by atoms with Crippen LogP contribution in [0, 0.1) is 0 Å². The second kappa shape index (κ2) is 13.1. The fourth-order valence-corrected chi connectivity index (χ4v) is 8.53. The largest absolute Gasteiger partial charge is 0.452 e. The van der Waals surface area contributed by atoms with Crippen molar-refractivity contribution in [2.75, 3.05) is 36.0 Å². The quantitative estimate of drug-likeness (QED) is 0.166. The molecule has 49 heavy (non-hydrogen) atoms. The summed E-state index contributed by atoms with van der Waals surface area (Å²) < 4.78 is 74.2. The molecule has 15 nitrogen and oxygen atoms in total. The number of anilines is 1. The van der Waals surface area contributed by atoms with Crippen LogP contribution in [0.4, 0.5) is 11.4 Å². The summed E-state index contributed by atoms with van der Waals surface area (Å²) in [6.45, 7) is 5.37. The molecule has 2 N–H and O–H groups in total. The number of rotatable bonds is 11. The number of hydrogen-bond acceptors (Lipinski definition) is 11. The van der Waals surface area contributed by atoms with E-state index in [4.69, 9.17) is 14.6 Å². The van der Waals surface area contributed by atoms with E-state index in [2.05, 4.69) is 4.90 Å². The number of carbonyl (C=O) groups excluding carboxylic acids is 3. The number of benzene rings is 2. The van der Waals surface area contributed by atoms with Crippen LogP contribution < -0.4 is 24.9 Å². The number of hydrogen-bond donors (Lipinski definition) is 2. The first kappa shape index (κ1) is 34.9. The van der Waals surface area contributed by atoms with E-state index < -0.39 is 55.2 Å². The first-order valence-electron chi connectivity index (χ1n) is 16.2. The Labute approximate surface area is 283 Å². The Morgan fingerprint density at radius 3 is 2.45 bits per heavy atom. The minimum absolute atomic E-state index is 0.00344. The van der Waals surface area contributed by atoms with Crippen LogP contribution in [0.5, 0.6) is 11.5 Å². The molecule has 4 heterocycles. The normalized spacial score (nSPS) is 19.8. The maximum atomic E-state index is 12.5. The zero-order valence-corrected chi connectivity index (χ0v) is 28.9. The van der Waals surface area contributed by atoms with Gasteiger partial charge < -0.3 is 14.5 Å². The number of imide groups is 1. The molecule has 1 saturated heterocycles. The van der Waals surface area contributed by atoms with Crippen molar-refractivity contribution in [2.24, 2.45) is 4.99 Å². The average molecular weight is 720 g/mol. The van der Waals surface area contributed by atoms with Gasteiger partial charge in [-0.15, -0.1) is 5.06 Å². The second-order valence-electron chi connectivity index (χ2n) is 13.5. The number of amides is 2. The van der Waals surface area contributed by atoms with Crippen LogP contribution in [0.3, 0.4) is 0 Å². The molecule has 0 bridgehead atoms. The van der Waals surface area contributed by atoms with Crippen molar-refractivity contribution in [1.29, 1.82) is 0 Å². The van der Waals surface area contributed by atoms with Crippen LogP contribution in [-0.4, -0.2) is 85.5 Å². The highest BCUT2D eigenvalue weighted by Gasteiger charge is 2.42. The van der Waals surface area contributed by atoms with Crippen LogP contribution in [0.1, 0.15) is 75.8 Å².